The smallest absolute Gasteiger partial charge is 0.246 e. The van der Waals surface area contributed by atoms with Gasteiger partial charge >= 0.3 is 0 Å². The normalized spacial score (nSPS) is 13.6. The molecular formula is C27H27F3N6O2. The van der Waals surface area contributed by atoms with Gasteiger partial charge in [0.05, 0.1) is 0 Å². The zero-order chi connectivity index (χ0) is 27.1. The van der Waals surface area contributed by atoms with Crippen LogP contribution in [0.1, 0.15) is 12.5 Å². The molecule has 1 aliphatic heterocycles. The lowest BCUT2D eigenvalue weighted by Crippen LogP contribution is -2.48. The van der Waals surface area contributed by atoms with Crippen LogP contribution in [0.15, 0.2) is 54.6 Å². The van der Waals surface area contributed by atoms with Gasteiger partial charge in [0, 0.05) is 69.5 Å². The molecule has 0 atom stereocenters. The number of nitrogens with one attached hydrogen (secondary N) is 2. The Hall–Kier alpha value is -4.41. The van der Waals surface area contributed by atoms with Crippen molar-refractivity contribution in [3.05, 3.63) is 77.6 Å². The number of rotatable bonds is 8. The zero-order valence-electron chi connectivity index (χ0n) is 20.8. The quantitative estimate of drug-likeness (QED) is 0.267. The predicted octanol–water partition coefficient (Wildman–Crippen LogP) is 3.47. The van der Waals surface area contributed by atoms with Crippen LogP contribution in [0.4, 0.5) is 24.8 Å². The van der Waals surface area contributed by atoms with E-state index in [-0.39, 0.29) is 17.4 Å². The molecule has 2 heterocycles. The molecule has 0 spiro atoms. The van der Waals surface area contributed by atoms with Crippen LogP contribution in [0.3, 0.4) is 0 Å². The molecule has 11 heteroatoms. The second-order valence-electron chi connectivity index (χ2n) is 8.62. The van der Waals surface area contributed by atoms with Crippen LogP contribution in [0.2, 0.25) is 0 Å². The summed E-state index contributed by atoms with van der Waals surface area (Å²) < 4.78 is 40.5. The van der Waals surface area contributed by atoms with Crippen LogP contribution in [0.5, 0.6) is 0 Å². The van der Waals surface area contributed by atoms with Gasteiger partial charge in [0.1, 0.15) is 11.6 Å². The van der Waals surface area contributed by atoms with Crippen molar-refractivity contribution in [2.75, 3.05) is 49.5 Å². The SMILES string of the molecule is CC(=O)NCCNc1cc(N2CCN(C(=O)/C=C/c3ccc(F)c(F)c3F)CC2)nc(-c2ccccc2)n1. The molecule has 1 saturated heterocycles. The molecule has 4 rings (SSSR count). The Morgan fingerprint density at radius 1 is 0.947 bits per heavy atom. The van der Waals surface area contributed by atoms with E-state index in [1.807, 2.05) is 41.3 Å². The summed E-state index contributed by atoms with van der Waals surface area (Å²) >= 11 is 0. The van der Waals surface area contributed by atoms with Crippen molar-refractivity contribution in [1.82, 2.24) is 20.2 Å². The van der Waals surface area contributed by atoms with Gasteiger partial charge in [0.15, 0.2) is 23.3 Å². The molecule has 1 fully saturated rings. The van der Waals surface area contributed by atoms with Crippen molar-refractivity contribution in [3.63, 3.8) is 0 Å². The fourth-order valence-electron chi connectivity index (χ4n) is 3.92. The molecule has 38 heavy (non-hydrogen) atoms. The van der Waals surface area contributed by atoms with Crippen LogP contribution in [-0.2, 0) is 9.59 Å². The molecular weight excluding hydrogens is 497 g/mol. The lowest BCUT2D eigenvalue weighted by molar-refractivity contribution is -0.126. The Morgan fingerprint density at radius 2 is 1.68 bits per heavy atom. The molecule has 2 amide bonds. The van der Waals surface area contributed by atoms with E-state index in [1.54, 1.807) is 4.90 Å². The monoisotopic (exact) mass is 524 g/mol. The predicted molar refractivity (Wildman–Crippen MR) is 139 cm³/mol. The summed E-state index contributed by atoms with van der Waals surface area (Å²) in [5.74, 6) is -2.83. The maximum absolute atomic E-state index is 13.9. The summed E-state index contributed by atoms with van der Waals surface area (Å²) in [5, 5.41) is 5.94. The molecule has 0 saturated carbocycles. The molecule has 1 aromatic heterocycles. The molecule has 0 aliphatic carbocycles. The summed E-state index contributed by atoms with van der Waals surface area (Å²) in [4.78, 5) is 36.7. The first-order chi connectivity index (χ1) is 18.3. The average molecular weight is 525 g/mol. The summed E-state index contributed by atoms with van der Waals surface area (Å²) in [6.07, 6.45) is 2.29. The first-order valence-corrected chi connectivity index (χ1v) is 12.1. The minimum Gasteiger partial charge on any atom is -0.368 e. The number of carbonyl (C=O) groups is 2. The van der Waals surface area contributed by atoms with Crippen LogP contribution in [-0.4, -0.2) is 66.0 Å². The van der Waals surface area contributed by atoms with Crippen LogP contribution in [0, 0.1) is 17.5 Å². The van der Waals surface area contributed by atoms with Crippen LogP contribution < -0.4 is 15.5 Å². The molecule has 2 aromatic carbocycles. The number of halogens is 3. The number of amides is 2. The fraction of sp³-hybridized carbons (Fsp3) is 0.259. The molecule has 2 N–H and O–H groups in total. The van der Waals surface area contributed by atoms with Gasteiger partial charge in [0.25, 0.3) is 0 Å². The van der Waals surface area contributed by atoms with Crippen molar-refractivity contribution in [2.45, 2.75) is 6.92 Å². The minimum absolute atomic E-state index is 0.114. The Balaban J connectivity index is 1.44. The Morgan fingerprint density at radius 3 is 2.39 bits per heavy atom. The number of hydrogen-bond donors (Lipinski definition) is 2. The molecule has 0 radical (unpaired) electrons. The second kappa shape index (κ2) is 12.2. The van der Waals surface area contributed by atoms with Crippen LogP contribution >= 0.6 is 0 Å². The highest BCUT2D eigenvalue weighted by Gasteiger charge is 2.22. The molecule has 3 aromatic rings. The number of piperazine rings is 1. The summed E-state index contributed by atoms with van der Waals surface area (Å²) in [5.41, 5.74) is 0.645. The molecule has 198 valence electrons. The molecule has 1 aliphatic rings. The van der Waals surface area contributed by atoms with E-state index in [0.717, 1.165) is 29.8 Å². The Labute approximate surface area is 218 Å². The number of anilines is 2. The van der Waals surface area contributed by atoms with Gasteiger partial charge in [-0.05, 0) is 18.2 Å². The van der Waals surface area contributed by atoms with Crippen molar-refractivity contribution >= 4 is 29.5 Å². The van der Waals surface area contributed by atoms with E-state index < -0.39 is 17.5 Å². The fourth-order valence-corrected chi connectivity index (χ4v) is 3.92. The van der Waals surface area contributed by atoms with Gasteiger partial charge in [-0.1, -0.05) is 30.3 Å². The Bertz CT molecular complexity index is 1330. The number of hydrogen-bond acceptors (Lipinski definition) is 6. The Kier molecular flexibility index (Phi) is 8.57. The van der Waals surface area contributed by atoms with E-state index >= 15 is 0 Å². The van der Waals surface area contributed by atoms with Gasteiger partial charge in [-0.3, -0.25) is 9.59 Å². The largest absolute Gasteiger partial charge is 0.368 e. The maximum Gasteiger partial charge on any atom is 0.246 e. The highest BCUT2D eigenvalue weighted by atomic mass is 19.2. The van der Waals surface area contributed by atoms with E-state index in [9.17, 15) is 22.8 Å². The van der Waals surface area contributed by atoms with Gasteiger partial charge < -0.3 is 20.4 Å². The maximum atomic E-state index is 13.9. The van der Waals surface area contributed by atoms with E-state index in [2.05, 4.69) is 15.6 Å². The molecule has 8 nitrogen and oxygen atoms in total. The zero-order valence-corrected chi connectivity index (χ0v) is 20.8. The number of nitrogens with zero attached hydrogens (tertiary/aromatic N) is 4. The van der Waals surface area contributed by atoms with E-state index in [0.29, 0.717) is 56.7 Å². The third-order valence-electron chi connectivity index (χ3n) is 5.94. The average Bonchev–Trinajstić information content (AvgIpc) is 2.94. The van der Waals surface area contributed by atoms with E-state index in [4.69, 9.17) is 4.98 Å². The van der Waals surface area contributed by atoms with Crippen molar-refractivity contribution in [3.8, 4) is 11.4 Å². The third kappa shape index (κ3) is 6.67. The summed E-state index contributed by atoms with van der Waals surface area (Å²) in [6, 6.07) is 13.3. The lowest BCUT2D eigenvalue weighted by Gasteiger charge is -2.35. The lowest BCUT2D eigenvalue weighted by atomic mass is 10.1. The van der Waals surface area contributed by atoms with Crippen LogP contribution in [0.25, 0.3) is 17.5 Å². The van der Waals surface area contributed by atoms with Gasteiger partial charge in [-0.2, -0.15) is 0 Å². The summed E-state index contributed by atoms with van der Waals surface area (Å²) in [7, 11) is 0. The highest BCUT2D eigenvalue weighted by Crippen LogP contribution is 2.24. The first kappa shape index (κ1) is 26.6. The second-order valence-corrected chi connectivity index (χ2v) is 8.62. The minimum atomic E-state index is -1.57. The number of aromatic nitrogens is 2. The van der Waals surface area contributed by atoms with Gasteiger partial charge in [0.2, 0.25) is 11.8 Å². The van der Waals surface area contributed by atoms with Gasteiger partial charge in [-0.25, -0.2) is 23.1 Å². The summed E-state index contributed by atoms with van der Waals surface area (Å²) in [6.45, 7) is 4.15. The first-order valence-electron chi connectivity index (χ1n) is 12.1. The third-order valence-corrected chi connectivity index (χ3v) is 5.94. The molecule has 0 unspecified atom stereocenters. The van der Waals surface area contributed by atoms with Crippen molar-refractivity contribution in [1.29, 1.82) is 0 Å². The molecule has 0 bridgehead atoms. The van der Waals surface area contributed by atoms with Crippen molar-refractivity contribution < 1.29 is 22.8 Å². The van der Waals surface area contributed by atoms with Gasteiger partial charge in [-0.15, -0.1) is 0 Å². The highest BCUT2D eigenvalue weighted by molar-refractivity contribution is 5.92. The van der Waals surface area contributed by atoms with E-state index in [1.165, 1.54) is 6.92 Å². The topological polar surface area (TPSA) is 90.5 Å². The standard InChI is InChI=1S/C27H27F3N6O2/c1-18(37)31-11-12-32-22-17-23(34-27(33-22)20-5-3-2-4-6-20)35-13-15-36(16-14-35)24(38)10-8-19-7-9-21(28)26(30)25(19)29/h2-10,17H,11-16H2,1H3,(H,31,37)(H,32,33,34)/b10-8+. The number of benzene rings is 2. The number of carbonyl (C=O) groups excluding carboxylic acids is 2. The van der Waals surface area contributed by atoms with Crippen molar-refractivity contribution in [2.24, 2.45) is 0 Å².